The van der Waals surface area contributed by atoms with Crippen LogP contribution in [-0.2, 0) is 22.3 Å². The number of fused-ring (bicyclic) bond motifs is 1. The lowest BCUT2D eigenvalue weighted by Gasteiger charge is -2.07. The van der Waals surface area contributed by atoms with E-state index >= 15 is 0 Å². The zero-order chi connectivity index (χ0) is 16.3. The largest absolute Gasteiger partial charge is 0.352 e. The summed E-state index contributed by atoms with van der Waals surface area (Å²) in [5.41, 5.74) is 3.63. The second kappa shape index (κ2) is 6.39. The summed E-state index contributed by atoms with van der Waals surface area (Å²) in [7, 11) is -1.84. The minimum atomic E-state index is -3.26. The van der Waals surface area contributed by atoms with E-state index in [1.54, 1.807) is 6.07 Å². The number of aromatic amines is 1. The molecule has 6 nitrogen and oxygen atoms in total. The molecule has 2 aromatic carbocycles. The molecule has 7 heteroatoms. The third-order valence-electron chi connectivity index (χ3n) is 3.51. The molecule has 3 rings (SSSR count). The van der Waals surface area contributed by atoms with Crippen molar-refractivity contribution in [3.05, 3.63) is 59.7 Å². The molecule has 1 heterocycles. The first-order valence-corrected chi connectivity index (χ1v) is 8.88. The van der Waals surface area contributed by atoms with Gasteiger partial charge in [-0.1, -0.05) is 36.4 Å². The molecule has 0 atom stereocenters. The van der Waals surface area contributed by atoms with Gasteiger partial charge >= 0.3 is 0 Å². The Hall–Kier alpha value is -2.38. The van der Waals surface area contributed by atoms with Crippen LogP contribution in [0, 0.1) is 0 Å². The maximum absolute atomic E-state index is 11.6. The molecule has 23 heavy (non-hydrogen) atoms. The number of sulfonamides is 1. The van der Waals surface area contributed by atoms with Gasteiger partial charge in [-0.05, 0) is 30.3 Å². The molecular weight excluding hydrogens is 312 g/mol. The number of imidazole rings is 1. The highest BCUT2D eigenvalue weighted by Crippen LogP contribution is 2.15. The van der Waals surface area contributed by atoms with Gasteiger partial charge in [0.1, 0.15) is 0 Å². The van der Waals surface area contributed by atoms with Gasteiger partial charge in [0.05, 0.1) is 16.8 Å². The van der Waals surface area contributed by atoms with Crippen LogP contribution in [0.25, 0.3) is 11.0 Å². The number of nitrogens with zero attached hydrogens (tertiary/aromatic N) is 1. The average molecular weight is 330 g/mol. The summed E-state index contributed by atoms with van der Waals surface area (Å²) in [6.07, 6.45) is 0. The summed E-state index contributed by atoms with van der Waals surface area (Å²) in [4.78, 5) is 7.65. The first kappa shape index (κ1) is 15.5. The van der Waals surface area contributed by atoms with Gasteiger partial charge in [-0.15, -0.1) is 0 Å². The first-order valence-electron chi connectivity index (χ1n) is 7.23. The molecule has 3 N–H and O–H groups in total. The smallest absolute Gasteiger partial charge is 0.215 e. The van der Waals surface area contributed by atoms with E-state index in [-0.39, 0.29) is 5.75 Å². The van der Waals surface area contributed by atoms with E-state index in [0.717, 1.165) is 22.2 Å². The van der Waals surface area contributed by atoms with Gasteiger partial charge < -0.3 is 10.3 Å². The van der Waals surface area contributed by atoms with Crippen LogP contribution in [0.2, 0.25) is 0 Å². The normalized spacial score (nSPS) is 11.7. The molecule has 0 radical (unpaired) electrons. The predicted molar refractivity (Wildman–Crippen MR) is 91.5 cm³/mol. The highest BCUT2D eigenvalue weighted by atomic mass is 32.2. The van der Waals surface area contributed by atoms with E-state index < -0.39 is 10.0 Å². The Morgan fingerprint density at radius 1 is 1.09 bits per heavy atom. The number of anilines is 1. The highest BCUT2D eigenvalue weighted by Gasteiger charge is 2.09. The number of para-hydroxylation sites is 2. The Labute approximate surface area is 135 Å². The van der Waals surface area contributed by atoms with Gasteiger partial charge in [-0.25, -0.2) is 18.1 Å². The third kappa shape index (κ3) is 3.88. The molecule has 0 saturated carbocycles. The molecular formula is C16H18N4O2S. The van der Waals surface area contributed by atoms with Crippen molar-refractivity contribution < 1.29 is 8.42 Å². The fraction of sp³-hybridized carbons (Fsp3) is 0.188. The summed E-state index contributed by atoms with van der Waals surface area (Å²) in [5.74, 6) is 0.668. The van der Waals surface area contributed by atoms with Gasteiger partial charge in [-0.3, -0.25) is 0 Å². The minimum absolute atomic E-state index is 0.0258. The topological polar surface area (TPSA) is 86.9 Å². The van der Waals surface area contributed by atoms with E-state index in [9.17, 15) is 8.42 Å². The summed E-state index contributed by atoms with van der Waals surface area (Å²) in [6, 6.07) is 15.3. The number of rotatable bonds is 6. The van der Waals surface area contributed by atoms with Crippen LogP contribution in [0.5, 0.6) is 0 Å². The van der Waals surface area contributed by atoms with Crippen molar-refractivity contribution in [1.29, 1.82) is 0 Å². The average Bonchev–Trinajstić information content (AvgIpc) is 2.96. The quantitative estimate of drug-likeness (QED) is 0.647. The zero-order valence-electron chi connectivity index (χ0n) is 12.7. The van der Waals surface area contributed by atoms with Crippen LogP contribution in [0.1, 0.15) is 11.1 Å². The monoisotopic (exact) mass is 330 g/mol. The lowest BCUT2D eigenvalue weighted by atomic mass is 10.1. The third-order valence-corrected chi connectivity index (χ3v) is 4.84. The molecule has 1 aromatic heterocycles. The van der Waals surface area contributed by atoms with Crippen molar-refractivity contribution in [2.45, 2.75) is 12.3 Å². The molecule has 0 fully saturated rings. The van der Waals surface area contributed by atoms with E-state index in [2.05, 4.69) is 20.0 Å². The number of hydrogen-bond donors (Lipinski definition) is 3. The number of hydrogen-bond acceptors (Lipinski definition) is 4. The number of aromatic nitrogens is 2. The highest BCUT2D eigenvalue weighted by molar-refractivity contribution is 7.88. The summed E-state index contributed by atoms with van der Waals surface area (Å²) in [5, 5.41) is 3.22. The molecule has 0 spiro atoms. The predicted octanol–water partition coefficient (Wildman–Crippen LogP) is 2.22. The van der Waals surface area contributed by atoms with Gasteiger partial charge in [0.25, 0.3) is 0 Å². The lowest BCUT2D eigenvalue weighted by molar-refractivity contribution is 0.587. The Morgan fingerprint density at radius 3 is 2.65 bits per heavy atom. The first-order chi connectivity index (χ1) is 11.1. The van der Waals surface area contributed by atoms with Gasteiger partial charge in [0, 0.05) is 6.54 Å². The van der Waals surface area contributed by atoms with Gasteiger partial charge in [-0.2, -0.15) is 0 Å². The van der Waals surface area contributed by atoms with Crippen molar-refractivity contribution in [2.24, 2.45) is 0 Å². The maximum Gasteiger partial charge on any atom is 0.215 e. The van der Waals surface area contributed by atoms with Gasteiger partial charge in [0.2, 0.25) is 16.0 Å². The standard InChI is InChI=1S/C16H18N4O2S/c1-17-23(21,22)11-13-6-4-5-12(9-13)10-18-16-19-14-7-2-3-8-15(14)20-16/h2-9,17H,10-11H2,1H3,(H2,18,19,20). The SMILES string of the molecule is CNS(=O)(=O)Cc1cccc(CNc2nc3ccccc3[nH]2)c1. The molecule has 0 aliphatic heterocycles. The van der Waals surface area contributed by atoms with E-state index in [0.29, 0.717) is 12.5 Å². The Bertz CT molecular complexity index is 885. The summed E-state index contributed by atoms with van der Waals surface area (Å²) >= 11 is 0. The van der Waals surface area contributed by atoms with E-state index in [1.165, 1.54) is 7.05 Å². The molecule has 120 valence electrons. The fourth-order valence-corrected chi connectivity index (χ4v) is 3.11. The second-order valence-electron chi connectivity index (χ2n) is 5.24. The van der Waals surface area contributed by atoms with Crippen LogP contribution in [0.4, 0.5) is 5.95 Å². The second-order valence-corrected chi connectivity index (χ2v) is 7.17. The summed E-state index contributed by atoms with van der Waals surface area (Å²) in [6.45, 7) is 0.563. The van der Waals surface area contributed by atoms with E-state index in [4.69, 9.17) is 0 Å². The number of H-pyrrole nitrogens is 1. The molecule has 0 bridgehead atoms. The van der Waals surface area contributed by atoms with Crippen molar-refractivity contribution >= 4 is 27.0 Å². The Kier molecular flexibility index (Phi) is 4.31. The van der Waals surface area contributed by atoms with Crippen LogP contribution in [0.3, 0.4) is 0 Å². The molecule has 0 unspecified atom stereocenters. The molecule has 0 saturated heterocycles. The van der Waals surface area contributed by atoms with Gasteiger partial charge in [0.15, 0.2) is 0 Å². The van der Waals surface area contributed by atoms with Crippen molar-refractivity contribution in [3.8, 4) is 0 Å². The molecule has 0 aliphatic rings. The molecule has 0 amide bonds. The van der Waals surface area contributed by atoms with Crippen molar-refractivity contribution in [1.82, 2.24) is 14.7 Å². The fourth-order valence-electron chi connectivity index (χ4n) is 2.34. The van der Waals surface area contributed by atoms with Crippen LogP contribution in [-0.4, -0.2) is 25.4 Å². The zero-order valence-corrected chi connectivity index (χ0v) is 13.5. The molecule has 3 aromatic rings. The number of nitrogens with one attached hydrogen (secondary N) is 3. The van der Waals surface area contributed by atoms with Crippen LogP contribution in [0.15, 0.2) is 48.5 Å². The maximum atomic E-state index is 11.6. The summed E-state index contributed by atoms with van der Waals surface area (Å²) < 4.78 is 25.6. The lowest BCUT2D eigenvalue weighted by Crippen LogP contribution is -2.20. The minimum Gasteiger partial charge on any atom is -0.352 e. The van der Waals surface area contributed by atoms with Crippen LogP contribution >= 0.6 is 0 Å². The number of benzene rings is 2. The van der Waals surface area contributed by atoms with Crippen molar-refractivity contribution in [3.63, 3.8) is 0 Å². The Balaban J connectivity index is 1.70. The molecule has 0 aliphatic carbocycles. The van der Waals surface area contributed by atoms with Crippen molar-refractivity contribution in [2.75, 3.05) is 12.4 Å². The van der Waals surface area contributed by atoms with Crippen LogP contribution < -0.4 is 10.0 Å². The van der Waals surface area contributed by atoms with E-state index in [1.807, 2.05) is 42.5 Å². The Morgan fingerprint density at radius 2 is 1.87 bits per heavy atom.